The normalized spacial score (nSPS) is 18.5. The number of carbonyl (C=O) groups is 1. The number of pyridine rings is 1. The molecule has 170 valence electrons. The Balaban J connectivity index is 1.22. The van der Waals surface area contributed by atoms with E-state index in [0.717, 1.165) is 69.6 Å². The van der Waals surface area contributed by atoms with Crippen molar-refractivity contribution in [2.45, 2.75) is 38.6 Å². The first-order valence-corrected chi connectivity index (χ1v) is 12.6. The number of rotatable bonds is 7. The summed E-state index contributed by atoms with van der Waals surface area (Å²) in [6, 6.07) is 12.5. The molecule has 6 nitrogen and oxygen atoms in total. The monoisotopic (exact) mass is 460 g/mol. The second kappa shape index (κ2) is 8.47. The fourth-order valence-electron chi connectivity index (χ4n) is 4.73. The Morgan fingerprint density at radius 3 is 3.00 bits per heavy atom. The Bertz CT molecular complexity index is 1320. The molecule has 7 heteroatoms. The number of H-pyrrole nitrogens is 1. The van der Waals surface area contributed by atoms with Gasteiger partial charge in [0.1, 0.15) is 0 Å². The van der Waals surface area contributed by atoms with Crippen molar-refractivity contribution in [3.05, 3.63) is 53.2 Å². The van der Waals surface area contributed by atoms with E-state index in [1.807, 2.05) is 17.0 Å². The van der Waals surface area contributed by atoms with E-state index in [-0.39, 0.29) is 11.9 Å². The van der Waals surface area contributed by atoms with Gasteiger partial charge in [-0.05, 0) is 74.9 Å². The van der Waals surface area contributed by atoms with Crippen molar-refractivity contribution in [2.24, 2.45) is 5.92 Å². The molecular weight excluding hydrogens is 432 g/mol. The summed E-state index contributed by atoms with van der Waals surface area (Å²) >= 11 is 1.52. The maximum absolute atomic E-state index is 13.4. The maximum Gasteiger partial charge on any atom is 0.264 e. The molecule has 3 aromatic heterocycles. The molecule has 1 amide bonds. The lowest BCUT2D eigenvalue weighted by molar-refractivity contribution is 0.0519. The minimum Gasteiger partial charge on any atom is -0.379 e. The van der Waals surface area contributed by atoms with Crippen molar-refractivity contribution < 1.29 is 9.53 Å². The molecule has 1 saturated carbocycles. The van der Waals surface area contributed by atoms with Gasteiger partial charge in [-0.3, -0.25) is 9.78 Å². The molecule has 4 aromatic rings. The van der Waals surface area contributed by atoms with Gasteiger partial charge in [0.05, 0.1) is 33.4 Å². The quantitative estimate of drug-likeness (QED) is 0.362. The molecule has 6 rings (SSSR count). The standard InChI is InChI=1S/C26H28N4O2S/c1-16-11-18-12-19(6-7-21(18)28-16)29-22-8-9-27-23-13-24(33-25(22)23)26(31)30-10-2-3-20(30)15-32-14-17-4-5-17/h6-9,11-13,17,20,28H,2-5,10,14-15H2,1H3,(H,27,29). The van der Waals surface area contributed by atoms with Gasteiger partial charge in [0.25, 0.3) is 5.91 Å². The van der Waals surface area contributed by atoms with E-state index in [9.17, 15) is 4.79 Å². The van der Waals surface area contributed by atoms with Crippen LogP contribution < -0.4 is 5.32 Å². The van der Waals surface area contributed by atoms with Gasteiger partial charge in [-0.2, -0.15) is 0 Å². The average molecular weight is 461 g/mol. The van der Waals surface area contributed by atoms with Crippen LogP contribution in [-0.4, -0.2) is 46.6 Å². The summed E-state index contributed by atoms with van der Waals surface area (Å²) in [6.45, 7) is 4.36. The molecule has 1 atom stereocenters. The number of hydrogen-bond acceptors (Lipinski definition) is 5. The van der Waals surface area contributed by atoms with E-state index in [2.05, 4.69) is 46.5 Å². The van der Waals surface area contributed by atoms with Gasteiger partial charge in [0.15, 0.2) is 0 Å². The van der Waals surface area contributed by atoms with Crippen LogP contribution >= 0.6 is 11.3 Å². The van der Waals surface area contributed by atoms with Crippen LogP contribution in [0.5, 0.6) is 0 Å². The summed E-state index contributed by atoms with van der Waals surface area (Å²) < 4.78 is 6.93. The number of aryl methyl sites for hydroxylation is 1. The van der Waals surface area contributed by atoms with Crippen LogP contribution in [0, 0.1) is 12.8 Å². The van der Waals surface area contributed by atoms with Crippen molar-refractivity contribution in [3.63, 3.8) is 0 Å². The Hall–Kier alpha value is -2.90. The number of anilines is 2. The molecule has 33 heavy (non-hydrogen) atoms. The average Bonchev–Trinajstić information content (AvgIpc) is 3.19. The summed E-state index contributed by atoms with van der Waals surface area (Å²) in [5.74, 6) is 0.850. The third-order valence-corrected chi connectivity index (χ3v) is 7.80. The van der Waals surface area contributed by atoms with Gasteiger partial charge in [-0.1, -0.05) is 0 Å². The van der Waals surface area contributed by atoms with Crippen LogP contribution in [0.3, 0.4) is 0 Å². The fraction of sp³-hybridized carbons (Fsp3) is 0.385. The first-order valence-electron chi connectivity index (χ1n) is 11.8. The summed E-state index contributed by atoms with van der Waals surface area (Å²) in [5.41, 5.74) is 5.12. The predicted octanol–water partition coefficient (Wildman–Crippen LogP) is 5.86. The molecule has 2 N–H and O–H groups in total. The highest BCUT2D eigenvalue weighted by Crippen LogP contribution is 2.35. The lowest BCUT2D eigenvalue weighted by Crippen LogP contribution is -2.38. The molecule has 4 heterocycles. The first-order chi connectivity index (χ1) is 16.1. The van der Waals surface area contributed by atoms with Crippen LogP contribution in [-0.2, 0) is 4.74 Å². The lowest BCUT2D eigenvalue weighted by Gasteiger charge is -2.24. The van der Waals surface area contributed by atoms with Crippen LogP contribution in [0.15, 0.2) is 42.6 Å². The van der Waals surface area contributed by atoms with Gasteiger partial charge >= 0.3 is 0 Å². The maximum atomic E-state index is 13.4. The van der Waals surface area contributed by atoms with Crippen LogP contribution in [0.2, 0.25) is 0 Å². The van der Waals surface area contributed by atoms with Gasteiger partial charge in [0.2, 0.25) is 0 Å². The number of ether oxygens (including phenoxy) is 1. The molecule has 1 aliphatic heterocycles. The molecule has 0 radical (unpaired) electrons. The van der Waals surface area contributed by atoms with Crippen molar-refractivity contribution >= 4 is 49.7 Å². The van der Waals surface area contributed by atoms with E-state index in [0.29, 0.717) is 6.61 Å². The second-order valence-corrected chi connectivity index (χ2v) is 10.4. The third-order valence-electron chi connectivity index (χ3n) is 6.66. The zero-order valence-electron chi connectivity index (χ0n) is 18.8. The Morgan fingerprint density at radius 1 is 1.21 bits per heavy atom. The molecule has 1 aromatic carbocycles. The summed E-state index contributed by atoms with van der Waals surface area (Å²) in [7, 11) is 0. The molecule has 1 aliphatic carbocycles. The van der Waals surface area contributed by atoms with Crippen LogP contribution in [0.25, 0.3) is 21.1 Å². The topological polar surface area (TPSA) is 70.2 Å². The Labute approximate surface area is 197 Å². The third kappa shape index (κ3) is 4.23. The Morgan fingerprint density at radius 2 is 2.12 bits per heavy atom. The molecule has 1 saturated heterocycles. The number of thiophene rings is 1. The van der Waals surface area contributed by atoms with Gasteiger partial charge < -0.3 is 19.9 Å². The fourth-order valence-corrected chi connectivity index (χ4v) is 5.77. The van der Waals surface area contributed by atoms with Gasteiger partial charge in [0, 0.05) is 41.6 Å². The number of hydrogen-bond donors (Lipinski definition) is 2. The van der Waals surface area contributed by atoms with E-state index in [1.54, 1.807) is 6.20 Å². The molecular formula is C26H28N4O2S. The predicted molar refractivity (Wildman–Crippen MR) is 134 cm³/mol. The number of nitrogens with zero attached hydrogens (tertiary/aromatic N) is 2. The zero-order valence-corrected chi connectivity index (χ0v) is 19.6. The molecule has 1 unspecified atom stereocenters. The number of benzene rings is 1. The minimum absolute atomic E-state index is 0.102. The number of carbonyl (C=O) groups excluding carboxylic acids is 1. The number of aromatic amines is 1. The second-order valence-electron chi connectivity index (χ2n) is 9.34. The van der Waals surface area contributed by atoms with Crippen molar-refractivity contribution in [1.82, 2.24) is 14.9 Å². The van der Waals surface area contributed by atoms with Crippen LogP contribution in [0.1, 0.15) is 41.0 Å². The number of aromatic nitrogens is 2. The highest BCUT2D eigenvalue weighted by molar-refractivity contribution is 7.21. The van der Waals surface area contributed by atoms with E-state index in [1.165, 1.54) is 29.6 Å². The first kappa shape index (κ1) is 20.7. The summed E-state index contributed by atoms with van der Waals surface area (Å²) in [4.78, 5) is 24.0. The number of amides is 1. The SMILES string of the molecule is Cc1cc2cc(Nc3ccnc4cc(C(=O)N5CCCC5COCC5CC5)sc34)ccc2[nH]1. The van der Waals surface area contributed by atoms with Crippen molar-refractivity contribution in [1.29, 1.82) is 0 Å². The summed E-state index contributed by atoms with van der Waals surface area (Å²) in [6.07, 6.45) is 6.44. The highest BCUT2D eigenvalue weighted by Gasteiger charge is 2.31. The number of fused-ring (bicyclic) bond motifs is 2. The number of nitrogens with one attached hydrogen (secondary N) is 2. The summed E-state index contributed by atoms with van der Waals surface area (Å²) in [5, 5.41) is 4.71. The zero-order chi connectivity index (χ0) is 22.4. The van der Waals surface area contributed by atoms with Crippen molar-refractivity contribution in [3.8, 4) is 0 Å². The largest absolute Gasteiger partial charge is 0.379 e. The minimum atomic E-state index is 0.102. The number of likely N-dealkylation sites (tertiary alicyclic amines) is 1. The van der Waals surface area contributed by atoms with Gasteiger partial charge in [-0.15, -0.1) is 11.3 Å². The molecule has 2 aliphatic rings. The highest BCUT2D eigenvalue weighted by atomic mass is 32.1. The van der Waals surface area contributed by atoms with Crippen molar-refractivity contribution in [2.75, 3.05) is 25.1 Å². The Kier molecular flexibility index (Phi) is 5.31. The van der Waals surface area contributed by atoms with Crippen LogP contribution in [0.4, 0.5) is 11.4 Å². The molecule has 2 fully saturated rings. The van der Waals surface area contributed by atoms with E-state index >= 15 is 0 Å². The van der Waals surface area contributed by atoms with E-state index in [4.69, 9.17) is 4.74 Å². The van der Waals surface area contributed by atoms with E-state index < -0.39 is 0 Å². The lowest BCUT2D eigenvalue weighted by atomic mass is 10.2. The smallest absolute Gasteiger partial charge is 0.264 e. The van der Waals surface area contributed by atoms with Gasteiger partial charge in [-0.25, -0.2) is 0 Å². The molecule has 0 bridgehead atoms. The molecule has 0 spiro atoms.